The molecule has 4 aromatic rings. The van der Waals surface area contributed by atoms with E-state index in [1.165, 1.54) is 0 Å². The molecule has 0 N–H and O–H groups in total. The van der Waals surface area contributed by atoms with Gasteiger partial charge in [-0.25, -0.2) is 5.01 Å². The molecule has 3 heterocycles. The Hall–Kier alpha value is -4.26. The Morgan fingerprint density at radius 2 is 1.86 bits per heavy atom. The number of benzene rings is 2. The van der Waals surface area contributed by atoms with Crippen molar-refractivity contribution in [2.75, 3.05) is 13.7 Å². The molecule has 2 aromatic carbocycles. The Labute approximate surface area is 204 Å². The lowest BCUT2D eigenvalue weighted by molar-refractivity contribution is -0.127. The van der Waals surface area contributed by atoms with Crippen LogP contribution in [0, 0.1) is 0 Å². The Morgan fingerprint density at radius 3 is 2.60 bits per heavy atom. The van der Waals surface area contributed by atoms with E-state index in [9.17, 15) is 4.79 Å². The first-order chi connectivity index (χ1) is 17.2. The van der Waals surface area contributed by atoms with Crippen LogP contribution >= 0.6 is 0 Å². The molecule has 1 aliphatic rings. The van der Waals surface area contributed by atoms with Gasteiger partial charge in [0.2, 0.25) is 5.91 Å². The van der Waals surface area contributed by atoms with Crippen LogP contribution in [0.4, 0.5) is 0 Å². The third-order valence-corrected chi connectivity index (χ3v) is 5.96. The summed E-state index contributed by atoms with van der Waals surface area (Å²) in [5.41, 5.74) is 4.36. The lowest BCUT2D eigenvalue weighted by Gasteiger charge is -2.15. The summed E-state index contributed by atoms with van der Waals surface area (Å²) >= 11 is 0. The molecule has 0 saturated carbocycles. The third kappa shape index (κ3) is 5.14. The van der Waals surface area contributed by atoms with Crippen LogP contribution in [0.5, 0.6) is 11.5 Å². The topological polar surface area (TPSA) is 76.9 Å². The average Bonchev–Trinajstić information content (AvgIpc) is 3.31. The number of rotatable bonds is 8. The lowest BCUT2D eigenvalue weighted by atomic mass is 10.0. The van der Waals surface area contributed by atoms with Crippen molar-refractivity contribution in [3.63, 3.8) is 0 Å². The molecule has 5 rings (SSSR count). The van der Waals surface area contributed by atoms with E-state index in [0.29, 0.717) is 37.5 Å². The smallest absolute Gasteiger partial charge is 0.242 e. The van der Waals surface area contributed by atoms with E-state index in [4.69, 9.17) is 14.6 Å². The van der Waals surface area contributed by atoms with Crippen LogP contribution in [0.3, 0.4) is 0 Å². The van der Waals surface area contributed by atoms with Gasteiger partial charge in [-0.1, -0.05) is 36.4 Å². The molecular weight excluding hydrogens is 440 g/mol. The summed E-state index contributed by atoms with van der Waals surface area (Å²) in [7, 11) is 1.63. The third-order valence-electron chi connectivity index (χ3n) is 5.96. The number of pyridine rings is 2. The van der Waals surface area contributed by atoms with Crippen molar-refractivity contribution in [2.45, 2.75) is 25.9 Å². The van der Waals surface area contributed by atoms with Crippen molar-refractivity contribution in [1.82, 2.24) is 15.0 Å². The standard InChI is InChI=1S/C28H26N4O3/c1-34-26-17-22-21(12-14-30-24(22)18-27(26)35-19-20-8-3-2-4-9-20)16-25(23-10-5-6-13-29-23)31-32-15-7-11-28(32)33/h2-6,8-10,12-14,17-18H,7,11,15-16,19H2,1H3/b31-25-. The highest BCUT2D eigenvalue weighted by molar-refractivity contribution is 6.03. The van der Waals surface area contributed by atoms with Crippen molar-refractivity contribution in [1.29, 1.82) is 0 Å². The maximum atomic E-state index is 12.2. The van der Waals surface area contributed by atoms with E-state index in [1.807, 2.05) is 66.7 Å². The Balaban J connectivity index is 1.49. The summed E-state index contributed by atoms with van der Waals surface area (Å²) in [4.78, 5) is 21.3. The van der Waals surface area contributed by atoms with Crippen LogP contribution in [0.25, 0.3) is 10.9 Å². The number of amides is 1. The predicted octanol–water partition coefficient (Wildman–Crippen LogP) is 4.79. The molecule has 1 saturated heterocycles. The van der Waals surface area contributed by atoms with Crippen LogP contribution in [-0.4, -0.2) is 40.3 Å². The summed E-state index contributed by atoms with van der Waals surface area (Å²) < 4.78 is 11.7. The van der Waals surface area contributed by atoms with Gasteiger partial charge < -0.3 is 9.47 Å². The molecule has 0 atom stereocenters. The normalized spacial score (nSPS) is 13.9. The van der Waals surface area contributed by atoms with Gasteiger partial charge in [0.05, 0.1) is 24.0 Å². The number of hydrogen-bond acceptors (Lipinski definition) is 6. The number of hydrogen-bond donors (Lipinski definition) is 0. The number of nitrogens with zero attached hydrogens (tertiary/aromatic N) is 4. The SMILES string of the molecule is COc1cc2c(C/C(=N/N3CCCC3=O)c3ccccn3)ccnc2cc1OCc1ccccc1. The maximum absolute atomic E-state index is 12.2. The molecular formula is C28H26N4O3. The zero-order valence-electron chi connectivity index (χ0n) is 19.6. The number of aromatic nitrogens is 2. The van der Waals surface area contributed by atoms with Crippen LogP contribution in [0.2, 0.25) is 0 Å². The summed E-state index contributed by atoms with van der Waals surface area (Å²) in [5, 5.41) is 7.21. The highest BCUT2D eigenvalue weighted by Gasteiger charge is 2.21. The minimum absolute atomic E-state index is 0.0416. The Kier molecular flexibility index (Phi) is 6.66. The van der Waals surface area contributed by atoms with E-state index in [-0.39, 0.29) is 5.91 Å². The van der Waals surface area contributed by atoms with Gasteiger partial charge in [-0.15, -0.1) is 0 Å². The van der Waals surface area contributed by atoms with Crippen LogP contribution in [0.1, 0.15) is 29.7 Å². The first kappa shape index (κ1) is 22.5. The molecule has 35 heavy (non-hydrogen) atoms. The molecule has 0 aliphatic carbocycles. The van der Waals surface area contributed by atoms with E-state index in [1.54, 1.807) is 24.5 Å². The summed E-state index contributed by atoms with van der Waals surface area (Å²) in [6.45, 7) is 1.06. The molecule has 2 aromatic heterocycles. The van der Waals surface area contributed by atoms with Crippen LogP contribution in [-0.2, 0) is 17.8 Å². The number of methoxy groups -OCH3 is 1. The van der Waals surface area contributed by atoms with E-state index >= 15 is 0 Å². The van der Waals surface area contributed by atoms with E-state index in [2.05, 4.69) is 9.97 Å². The molecule has 1 aliphatic heterocycles. The van der Waals surface area contributed by atoms with Gasteiger partial charge in [-0.2, -0.15) is 5.10 Å². The van der Waals surface area contributed by atoms with Crippen molar-refractivity contribution < 1.29 is 14.3 Å². The molecule has 7 nitrogen and oxygen atoms in total. The first-order valence-electron chi connectivity index (χ1n) is 11.6. The number of ether oxygens (including phenoxy) is 2. The van der Waals surface area contributed by atoms with Gasteiger partial charge in [0.15, 0.2) is 11.5 Å². The molecule has 176 valence electrons. The van der Waals surface area contributed by atoms with Gasteiger partial charge in [0.1, 0.15) is 6.61 Å². The molecule has 1 fully saturated rings. The van der Waals surface area contributed by atoms with Crippen LogP contribution in [0.15, 0.2) is 84.2 Å². The fraction of sp³-hybridized carbons (Fsp3) is 0.214. The molecule has 0 spiro atoms. The van der Waals surface area contributed by atoms with E-state index < -0.39 is 0 Å². The van der Waals surface area contributed by atoms with Gasteiger partial charge >= 0.3 is 0 Å². The number of hydrazone groups is 1. The molecule has 7 heteroatoms. The second kappa shape index (κ2) is 10.3. The Bertz CT molecular complexity index is 1360. The molecule has 0 unspecified atom stereocenters. The lowest BCUT2D eigenvalue weighted by Crippen LogP contribution is -2.22. The van der Waals surface area contributed by atoms with E-state index in [0.717, 1.165) is 39.9 Å². The van der Waals surface area contributed by atoms with Crippen LogP contribution < -0.4 is 9.47 Å². The van der Waals surface area contributed by atoms with Crippen molar-refractivity contribution >= 4 is 22.5 Å². The number of fused-ring (bicyclic) bond motifs is 1. The molecule has 0 radical (unpaired) electrons. The monoisotopic (exact) mass is 466 g/mol. The highest BCUT2D eigenvalue weighted by atomic mass is 16.5. The summed E-state index contributed by atoms with van der Waals surface area (Å²) in [6.07, 6.45) is 5.36. The van der Waals surface area contributed by atoms with Gasteiger partial charge in [-0.3, -0.25) is 14.8 Å². The zero-order valence-corrected chi connectivity index (χ0v) is 19.6. The zero-order chi connectivity index (χ0) is 24.0. The quantitative estimate of drug-likeness (QED) is 0.349. The predicted molar refractivity (Wildman–Crippen MR) is 134 cm³/mol. The average molecular weight is 467 g/mol. The fourth-order valence-corrected chi connectivity index (χ4v) is 4.15. The van der Waals surface area contributed by atoms with Gasteiger partial charge in [0, 0.05) is 43.2 Å². The first-order valence-corrected chi connectivity index (χ1v) is 11.6. The highest BCUT2D eigenvalue weighted by Crippen LogP contribution is 2.34. The summed E-state index contributed by atoms with van der Waals surface area (Å²) in [5.74, 6) is 1.31. The minimum atomic E-state index is 0.0416. The van der Waals surface area contributed by atoms with Gasteiger partial charge in [0.25, 0.3) is 0 Å². The maximum Gasteiger partial charge on any atom is 0.242 e. The van der Waals surface area contributed by atoms with Crippen molar-refractivity contribution in [2.24, 2.45) is 5.10 Å². The number of carbonyl (C=O) groups excluding carboxylic acids is 1. The largest absolute Gasteiger partial charge is 0.493 e. The Morgan fingerprint density at radius 1 is 1.00 bits per heavy atom. The second-order valence-corrected chi connectivity index (χ2v) is 8.32. The second-order valence-electron chi connectivity index (χ2n) is 8.32. The van der Waals surface area contributed by atoms with Crippen molar-refractivity contribution in [3.8, 4) is 11.5 Å². The minimum Gasteiger partial charge on any atom is -0.493 e. The molecule has 0 bridgehead atoms. The van der Waals surface area contributed by atoms with Crippen molar-refractivity contribution in [3.05, 3.63) is 95.9 Å². The fourth-order valence-electron chi connectivity index (χ4n) is 4.15. The number of carbonyl (C=O) groups is 1. The summed E-state index contributed by atoms with van der Waals surface area (Å²) in [6, 6.07) is 21.5. The molecule has 1 amide bonds. The van der Waals surface area contributed by atoms with Gasteiger partial charge in [-0.05, 0) is 41.8 Å².